The molecule has 0 aliphatic heterocycles. The zero-order chi connectivity index (χ0) is 11.5. The molecule has 2 aromatic rings. The zero-order valence-electron chi connectivity index (χ0n) is 8.18. The van der Waals surface area contributed by atoms with E-state index in [2.05, 4.69) is 4.98 Å². The Balaban J connectivity index is 2.65. The van der Waals surface area contributed by atoms with Crippen LogP contribution in [0.25, 0.3) is 10.8 Å². The number of nitriles is 1. The summed E-state index contributed by atoms with van der Waals surface area (Å²) in [5.41, 5.74) is 5.41. The van der Waals surface area contributed by atoms with Crippen LogP contribution in [0.3, 0.4) is 0 Å². The molecule has 0 spiro atoms. The lowest BCUT2D eigenvalue weighted by Crippen LogP contribution is -2.16. The van der Waals surface area contributed by atoms with Crippen molar-refractivity contribution in [1.29, 1.82) is 5.26 Å². The van der Waals surface area contributed by atoms with Gasteiger partial charge in [0.15, 0.2) is 5.75 Å². The molecule has 0 aliphatic carbocycles. The van der Waals surface area contributed by atoms with Crippen molar-refractivity contribution in [2.45, 2.75) is 0 Å². The van der Waals surface area contributed by atoms with Crippen LogP contribution in [0.15, 0.2) is 30.6 Å². The maximum absolute atomic E-state index is 10.7. The van der Waals surface area contributed by atoms with Gasteiger partial charge in [-0.05, 0) is 12.1 Å². The fourth-order valence-corrected chi connectivity index (χ4v) is 1.40. The van der Waals surface area contributed by atoms with Gasteiger partial charge >= 0.3 is 6.09 Å². The number of primary amides is 1. The van der Waals surface area contributed by atoms with Gasteiger partial charge in [-0.25, -0.2) is 4.79 Å². The molecule has 0 aliphatic rings. The first-order valence-corrected chi connectivity index (χ1v) is 4.46. The third-order valence-corrected chi connectivity index (χ3v) is 2.06. The summed E-state index contributed by atoms with van der Waals surface area (Å²) in [7, 11) is 0. The quantitative estimate of drug-likeness (QED) is 0.778. The van der Waals surface area contributed by atoms with Gasteiger partial charge in [0.05, 0.1) is 17.8 Å². The van der Waals surface area contributed by atoms with E-state index < -0.39 is 6.09 Å². The third-order valence-electron chi connectivity index (χ3n) is 2.06. The molecule has 1 heterocycles. The highest BCUT2D eigenvalue weighted by molar-refractivity contribution is 5.90. The summed E-state index contributed by atoms with van der Waals surface area (Å²) in [6, 6.07) is 7.02. The molecule has 5 nitrogen and oxygen atoms in total. The predicted molar refractivity (Wildman–Crippen MR) is 56.7 cm³/mol. The van der Waals surface area contributed by atoms with Crippen molar-refractivity contribution in [2.75, 3.05) is 0 Å². The highest BCUT2D eigenvalue weighted by atomic mass is 16.5. The standard InChI is InChI=1S/C11H7N3O2/c12-4-7-1-2-8-5-14-6-10(9(8)3-7)16-11(13)15/h1-3,5-6H,(H2,13,15). The zero-order valence-corrected chi connectivity index (χ0v) is 8.18. The molecule has 1 amide bonds. The normalized spacial score (nSPS) is 9.69. The lowest BCUT2D eigenvalue weighted by atomic mass is 10.1. The topological polar surface area (TPSA) is 89.0 Å². The second-order valence-electron chi connectivity index (χ2n) is 3.11. The van der Waals surface area contributed by atoms with Crippen molar-refractivity contribution < 1.29 is 9.53 Å². The molecular weight excluding hydrogens is 206 g/mol. The number of nitrogens with zero attached hydrogens (tertiary/aromatic N) is 2. The predicted octanol–water partition coefficient (Wildman–Crippen LogP) is 1.56. The van der Waals surface area contributed by atoms with Crippen LogP contribution >= 0.6 is 0 Å². The lowest BCUT2D eigenvalue weighted by Gasteiger charge is -2.04. The van der Waals surface area contributed by atoms with Crippen LogP contribution in [0.2, 0.25) is 0 Å². The van der Waals surface area contributed by atoms with Crippen molar-refractivity contribution in [1.82, 2.24) is 4.98 Å². The molecule has 0 fully saturated rings. The smallest absolute Gasteiger partial charge is 0.408 e. The maximum atomic E-state index is 10.7. The molecule has 5 heteroatoms. The number of nitrogens with two attached hydrogens (primary N) is 1. The summed E-state index contributed by atoms with van der Waals surface area (Å²) in [6.45, 7) is 0. The Kier molecular flexibility index (Phi) is 2.40. The first-order valence-electron chi connectivity index (χ1n) is 4.46. The number of benzene rings is 1. The average molecular weight is 213 g/mol. The Morgan fingerprint density at radius 2 is 2.25 bits per heavy atom. The second kappa shape index (κ2) is 3.87. The first-order chi connectivity index (χ1) is 7.70. The van der Waals surface area contributed by atoms with Crippen LogP contribution in [0, 0.1) is 11.3 Å². The number of hydrogen-bond donors (Lipinski definition) is 1. The number of aromatic nitrogens is 1. The van der Waals surface area contributed by atoms with Crippen molar-refractivity contribution in [3.8, 4) is 11.8 Å². The van der Waals surface area contributed by atoms with Crippen molar-refractivity contribution in [3.63, 3.8) is 0 Å². The largest absolute Gasteiger partial charge is 0.410 e. The summed E-state index contributed by atoms with van der Waals surface area (Å²) < 4.78 is 4.79. The second-order valence-corrected chi connectivity index (χ2v) is 3.11. The minimum atomic E-state index is -0.906. The van der Waals surface area contributed by atoms with Gasteiger partial charge in [-0.3, -0.25) is 4.98 Å². The Morgan fingerprint density at radius 3 is 2.94 bits per heavy atom. The fraction of sp³-hybridized carbons (Fsp3) is 0. The van der Waals surface area contributed by atoms with Crippen LogP contribution in [-0.2, 0) is 0 Å². The number of hydrogen-bond acceptors (Lipinski definition) is 4. The molecule has 1 aromatic heterocycles. The van der Waals surface area contributed by atoms with Crippen molar-refractivity contribution in [3.05, 3.63) is 36.2 Å². The van der Waals surface area contributed by atoms with E-state index >= 15 is 0 Å². The highest BCUT2D eigenvalue weighted by Crippen LogP contribution is 2.25. The average Bonchev–Trinajstić information content (AvgIpc) is 2.28. The van der Waals surface area contributed by atoms with E-state index in [4.69, 9.17) is 15.7 Å². The minimum Gasteiger partial charge on any atom is -0.408 e. The molecule has 0 unspecified atom stereocenters. The van der Waals surface area contributed by atoms with E-state index in [1.165, 1.54) is 6.20 Å². The number of carbonyl (C=O) groups is 1. The summed E-state index contributed by atoms with van der Waals surface area (Å²) in [6.07, 6.45) is 2.09. The molecule has 0 saturated heterocycles. The summed E-state index contributed by atoms with van der Waals surface area (Å²) in [4.78, 5) is 14.6. The van der Waals surface area contributed by atoms with Crippen LogP contribution in [-0.4, -0.2) is 11.1 Å². The molecule has 16 heavy (non-hydrogen) atoms. The van der Waals surface area contributed by atoms with Gasteiger partial charge < -0.3 is 10.5 Å². The Bertz CT molecular complexity index is 602. The molecule has 2 N–H and O–H groups in total. The minimum absolute atomic E-state index is 0.252. The van der Waals surface area contributed by atoms with Crippen LogP contribution in [0.5, 0.6) is 5.75 Å². The van der Waals surface area contributed by atoms with Gasteiger partial charge in [0.25, 0.3) is 0 Å². The summed E-state index contributed by atoms with van der Waals surface area (Å²) in [5.74, 6) is 0.252. The Morgan fingerprint density at radius 1 is 1.44 bits per heavy atom. The molecule has 0 radical (unpaired) electrons. The molecule has 78 valence electrons. The van der Waals surface area contributed by atoms with E-state index in [0.29, 0.717) is 10.9 Å². The van der Waals surface area contributed by atoms with E-state index in [1.54, 1.807) is 24.4 Å². The number of amides is 1. The number of carbonyl (C=O) groups excluding carboxylic acids is 1. The van der Waals surface area contributed by atoms with Crippen LogP contribution < -0.4 is 10.5 Å². The maximum Gasteiger partial charge on any atom is 0.410 e. The van der Waals surface area contributed by atoms with E-state index in [-0.39, 0.29) is 5.75 Å². The van der Waals surface area contributed by atoms with Crippen molar-refractivity contribution in [2.24, 2.45) is 5.73 Å². The highest BCUT2D eigenvalue weighted by Gasteiger charge is 2.06. The van der Waals surface area contributed by atoms with Gasteiger partial charge in [-0.15, -0.1) is 0 Å². The molecule has 1 aromatic carbocycles. The van der Waals surface area contributed by atoms with Crippen LogP contribution in [0.4, 0.5) is 4.79 Å². The first kappa shape index (κ1) is 9.93. The van der Waals surface area contributed by atoms with Crippen molar-refractivity contribution >= 4 is 16.9 Å². The van der Waals surface area contributed by atoms with Gasteiger partial charge in [0.2, 0.25) is 0 Å². The summed E-state index contributed by atoms with van der Waals surface area (Å²) >= 11 is 0. The number of rotatable bonds is 1. The SMILES string of the molecule is N#Cc1ccc2cncc(OC(N)=O)c2c1. The van der Waals surface area contributed by atoms with E-state index in [9.17, 15) is 4.79 Å². The molecule has 0 saturated carbocycles. The van der Waals surface area contributed by atoms with Gasteiger partial charge in [-0.1, -0.05) is 6.07 Å². The summed E-state index contributed by atoms with van der Waals surface area (Å²) in [5, 5.41) is 10.2. The van der Waals surface area contributed by atoms with E-state index in [0.717, 1.165) is 5.39 Å². The van der Waals surface area contributed by atoms with Gasteiger partial charge in [0.1, 0.15) is 0 Å². The number of ether oxygens (including phenoxy) is 1. The Hall–Kier alpha value is -2.61. The van der Waals surface area contributed by atoms with Gasteiger partial charge in [-0.2, -0.15) is 5.26 Å². The molecule has 2 rings (SSSR count). The number of pyridine rings is 1. The van der Waals surface area contributed by atoms with Gasteiger partial charge in [0, 0.05) is 17.0 Å². The monoisotopic (exact) mass is 213 g/mol. The lowest BCUT2D eigenvalue weighted by molar-refractivity contribution is 0.211. The van der Waals surface area contributed by atoms with E-state index in [1.807, 2.05) is 6.07 Å². The molecule has 0 bridgehead atoms. The van der Waals surface area contributed by atoms with Crippen LogP contribution in [0.1, 0.15) is 5.56 Å². The molecule has 0 atom stereocenters. The Labute approximate surface area is 91.1 Å². The number of fused-ring (bicyclic) bond motifs is 1. The fourth-order valence-electron chi connectivity index (χ4n) is 1.40. The third kappa shape index (κ3) is 1.77. The molecular formula is C11H7N3O2.